The molecule has 1 aliphatic rings. The third-order valence-corrected chi connectivity index (χ3v) is 4.49. The quantitative estimate of drug-likeness (QED) is 0.874. The molecule has 1 aliphatic heterocycles. The van der Waals surface area contributed by atoms with Gasteiger partial charge in [-0.1, -0.05) is 34.1 Å². The largest absolute Gasteiger partial charge is 0.497 e. The Morgan fingerprint density at radius 1 is 1.23 bits per heavy atom. The lowest BCUT2D eigenvalue weighted by molar-refractivity contribution is 0.0552. The van der Waals surface area contributed by atoms with E-state index in [1.807, 2.05) is 18.2 Å². The molecule has 0 saturated carbocycles. The molecular formula is C18H20BrNO2. The molecule has 0 spiro atoms. The van der Waals surface area contributed by atoms with Gasteiger partial charge in [0.15, 0.2) is 0 Å². The Kier molecular flexibility index (Phi) is 4.81. The van der Waals surface area contributed by atoms with Crippen molar-refractivity contribution in [3.8, 4) is 5.75 Å². The van der Waals surface area contributed by atoms with Crippen molar-refractivity contribution in [1.29, 1.82) is 0 Å². The molecule has 0 fully saturated rings. The van der Waals surface area contributed by atoms with Gasteiger partial charge in [0.25, 0.3) is 0 Å². The smallest absolute Gasteiger partial charge is 0.119 e. The van der Waals surface area contributed by atoms with Crippen LogP contribution in [-0.2, 0) is 11.2 Å². The Morgan fingerprint density at radius 2 is 2.09 bits per heavy atom. The lowest BCUT2D eigenvalue weighted by Gasteiger charge is -2.28. The fourth-order valence-corrected chi connectivity index (χ4v) is 3.26. The molecule has 2 aromatic rings. The highest BCUT2D eigenvalue weighted by Crippen LogP contribution is 2.33. The molecule has 2 aromatic carbocycles. The molecule has 3 rings (SSSR count). The maximum Gasteiger partial charge on any atom is 0.119 e. The Bertz CT molecular complexity index is 659. The third-order valence-electron chi connectivity index (χ3n) is 3.99. The van der Waals surface area contributed by atoms with E-state index in [-0.39, 0.29) is 6.10 Å². The molecule has 0 aromatic heterocycles. The fraction of sp³-hybridized carbons (Fsp3) is 0.333. The first-order valence-corrected chi connectivity index (χ1v) is 8.24. The van der Waals surface area contributed by atoms with E-state index in [1.54, 1.807) is 7.11 Å². The van der Waals surface area contributed by atoms with Gasteiger partial charge in [0, 0.05) is 10.5 Å². The number of fused-ring (bicyclic) bond motifs is 1. The second-order valence-corrected chi connectivity index (χ2v) is 6.54. The first kappa shape index (κ1) is 15.5. The van der Waals surface area contributed by atoms with Crippen LogP contribution in [-0.4, -0.2) is 19.9 Å². The summed E-state index contributed by atoms with van der Waals surface area (Å²) in [6.07, 6.45) is 0.900. The van der Waals surface area contributed by atoms with Gasteiger partial charge in [-0.05, 0) is 54.3 Å². The van der Waals surface area contributed by atoms with Crippen LogP contribution in [0.3, 0.4) is 0 Å². The van der Waals surface area contributed by atoms with E-state index < -0.39 is 0 Å². The van der Waals surface area contributed by atoms with Gasteiger partial charge in [-0.3, -0.25) is 5.32 Å². The van der Waals surface area contributed by atoms with Crippen LogP contribution in [0.25, 0.3) is 0 Å². The highest BCUT2D eigenvalue weighted by atomic mass is 79.9. The predicted molar refractivity (Wildman–Crippen MR) is 91.2 cm³/mol. The first-order valence-electron chi connectivity index (χ1n) is 7.44. The van der Waals surface area contributed by atoms with Gasteiger partial charge in [-0.2, -0.15) is 0 Å². The molecule has 116 valence electrons. The Labute approximate surface area is 139 Å². The molecule has 1 heterocycles. The van der Waals surface area contributed by atoms with Crippen molar-refractivity contribution >= 4 is 15.9 Å². The topological polar surface area (TPSA) is 30.5 Å². The number of benzene rings is 2. The van der Waals surface area contributed by atoms with Gasteiger partial charge < -0.3 is 9.47 Å². The summed E-state index contributed by atoms with van der Waals surface area (Å²) in [5, 5.41) is 3.40. The molecular weight excluding hydrogens is 342 g/mol. The summed E-state index contributed by atoms with van der Waals surface area (Å²) in [7, 11) is 1.69. The van der Waals surface area contributed by atoms with Crippen LogP contribution < -0.4 is 10.1 Å². The van der Waals surface area contributed by atoms with E-state index in [0.717, 1.165) is 22.2 Å². The van der Waals surface area contributed by atoms with Crippen molar-refractivity contribution in [2.24, 2.45) is 0 Å². The highest BCUT2D eigenvalue weighted by molar-refractivity contribution is 9.10. The first-order chi connectivity index (χ1) is 10.7. The number of ether oxygens (including phenoxy) is 2. The van der Waals surface area contributed by atoms with Crippen LogP contribution in [0.2, 0.25) is 0 Å². The zero-order valence-electron chi connectivity index (χ0n) is 12.8. The number of methoxy groups -OCH3 is 1. The second-order valence-electron chi connectivity index (χ2n) is 5.62. The van der Waals surface area contributed by atoms with Crippen molar-refractivity contribution in [3.05, 3.63) is 63.6 Å². The molecule has 22 heavy (non-hydrogen) atoms. The second kappa shape index (κ2) is 6.82. The summed E-state index contributed by atoms with van der Waals surface area (Å²) < 4.78 is 12.6. The number of hydrogen-bond acceptors (Lipinski definition) is 3. The Morgan fingerprint density at radius 3 is 2.91 bits per heavy atom. The van der Waals surface area contributed by atoms with Crippen LogP contribution >= 0.6 is 15.9 Å². The van der Waals surface area contributed by atoms with Crippen molar-refractivity contribution in [1.82, 2.24) is 5.32 Å². The molecule has 3 nitrogen and oxygen atoms in total. The van der Waals surface area contributed by atoms with E-state index in [0.29, 0.717) is 12.8 Å². The Balaban J connectivity index is 2.05. The van der Waals surface area contributed by atoms with Gasteiger partial charge in [0.05, 0.1) is 13.8 Å². The molecule has 0 aliphatic carbocycles. The molecule has 0 radical (unpaired) electrons. The van der Waals surface area contributed by atoms with Crippen LogP contribution in [0, 0.1) is 0 Å². The zero-order valence-corrected chi connectivity index (χ0v) is 14.4. The molecule has 0 bridgehead atoms. The standard InChI is InChI=1S/C18H20BrNO2/c1-12-8-14-9-15(19)6-7-17(14)18(22-11-20-12)13-4-3-5-16(10-13)21-2/h3-7,9-10,12,18,20H,8,11H2,1-2H3. The van der Waals surface area contributed by atoms with Crippen molar-refractivity contribution < 1.29 is 9.47 Å². The molecule has 4 heteroatoms. The van der Waals surface area contributed by atoms with Gasteiger partial charge in [-0.25, -0.2) is 0 Å². The fourth-order valence-electron chi connectivity index (χ4n) is 2.85. The van der Waals surface area contributed by atoms with Crippen LogP contribution in [0.1, 0.15) is 29.7 Å². The molecule has 0 amide bonds. The normalized spacial score (nSPS) is 21.6. The number of hydrogen-bond donors (Lipinski definition) is 1. The van der Waals surface area contributed by atoms with Gasteiger partial charge >= 0.3 is 0 Å². The SMILES string of the molecule is COc1cccc(C2OCNC(C)Cc3cc(Br)ccc32)c1. The molecule has 1 N–H and O–H groups in total. The van der Waals surface area contributed by atoms with Crippen molar-refractivity contribution in [2.45, 2.75) is 25.5 Å². The number of rotatable bonds is 2. The van der Waals surface area contributed by atoms with Gasteiger partial charge in [0.1, 0.15) is 11.9 Å². The maximum absolute atomic E-state index is 6.12. The van der Waals surface area contributed by atoms with Crippen LogP contribution in [0.4, 0.5) is 0 Å². The third kappa shape index (κ3) is 3.35. The van der Waals surface area contributed by atoms with Crippen LogP contribution in [0.15, 0.2) is 46.9 Å². The summed E-state index contributed by atoms with van der Waals surface area (Å²) >= 11 is 3.57. The summed E-state index contributed by atoms with van der Waals surface area (Å²) in [6, 6.07) is 14.9. The highest BCUT2D eigenvalue weighted by Gasteiger charge is 2.22. The van der Waals surface area contributed by atoms with E-state index >= 15 is 0 Å². The summed E-state index contributed by atoms with van der Waals surface area (Å²) in [6.45, 7) is 2.72. The maximum atomic E-state index is 6.12. The molecule has 2 unspecified atom stereocenters. The minimum Gasteiger partial charge on any atom is -0.497 e. The lowest BCUT2D eigenvalue weighted by atomic mass is 9.93. The minimum atomic E-state index is -0.0850. The van der Waals surface area contributed by atoms with Crippen molar-refractivity contribution in [2.75, 3.05) is 13.8 Å². The summed E-state index contributed by atoms with van der Waals surface area (Å²) in [5.41, 5.74) is 3.64. The summed E-state index contributed by atoms with van der Waals surface area (Å²) in [4.78, 5) is 0. The predicted octanol–water partition coefficient (Wildman–Crippen LogP) is 4.06. The number of nitrogens with one attached hydrogen (secondary N) is 1. The van der Waals surface area contributed by atoms with Crippen LogP contribution in [0.5, 0.6) is 5.75 Å². The number of halogens is 1. The average molecular weight is 362 g/mol. The van der Waals surface area contributed by atoms with Gasteiger partial charge in [-0.15, -0.1) is 0 Å². The van der Waals surface area contributed by atoms with Crippen molar-refractivity contribution in [3.63, 3.8) is 0 Å². The van der Waals surface area contributed by atoms with E-state index in [9.17, 15) is 0 Å². The van der Waals surface area contributed by atoms with Gasteiger partial charge in [0.2, 0.25) is 0 Å². The lowest BCUT2D eigenvalue weighted by Crippen LogP contribution is -2.34. The summed E-state index contributed by atoms with van der Waals surface area (Å²) in [5.74, 6) is 0.850. The minimum absolute atomic E-state index is 0.0850. The zero-order chi connectivity index (χ0) is 15.5. The monoisotopic (exact) mass is 361 g/mol. The van der Waals surface area contributed by atoms with E-state index in [4.69, 9.17) is 9.47 Å². The van der Waals surface area contributed by atoms with E-state index in [1.165, 1.54) is 11.1 Å². The van der Waals surface area contributed by atoms with E-state index in [2.05, 4.69) is 52.4 Å². The molecule has 2 atom stereocenters. The molecule has 0 saturated heterocycles. The average Bonchev–Trinajstić information content (AvgIpc) is 2.51. The Hall–Kier alpha value is -1.36.